The van der Waals surface area contributed by atoms with E-state index in [-0.39, 0.29) is 11.4 Å². The monoisotopic (exact) mass is 475 g/mol. The highest BCUT2D eigenvalue weighted by atomic mass is 32.2. The Hall–Kier alpha value is -3.11. The molecule has 31 heavy (non-hydrogen) atoms. The van der Waals surface area contributed by atoms with Gasteiger partial charge in [-0.2, -0.15) is 5.26 Å². The number of rotatable bonds is 9. The standard InChI is InChI=1S/C18H16F3N3O5S2/c19-18(20,21)29-13-4-1-2-6-15(13)31(27,28)11-7-12(16(25)23-9-8-22)24-17(26)14-5-3-10-30-14/h1-6,10,12H,7,9,11H2,(H,23,25)(H,24,26)/t12-/m0/s1. The van der Waals surface area contributed by atoms with Gasteiger partial charge in [0, 0.05) is 0 Å². The van der Waals surface area contributed by atoms with Crippen LogP contribution in [0.15, 0.2) is 46.7 Å². The topological polar surface area (TPSA) is 125 Å². The van der Waals surface area contributed by atoms with Crippen LogP contribution in [0, 0.1) is 11.3 Å². The Morgan fingerprint density at radius 2 is 1.90 bits per heavy atom. The molecule has 0 spiro atoms. The molecule has 1 aromatic heterocycles. The molecule has 0 radical (unpaired) electrons. The van der Waals surface area contributed by atoms with Crippen molar-refractivity contribution in [3.8, 4) is 11.8 Å². The zero-order valence-corrected chi connectivity index (χ0v) is 17.3. The molecule has 2 amide bonds. The number of alkyl halides is 3. The van der Waals surface area contributed by atoms with Crippen LogP contribution in [0.1, 0.15) is 16.1 Å². The van der Waals surface area contributed by atoms with Crippen LogP contribution < -0.4 is 15.4 Å². The summed E-state index contributed by atoms with van der Waals surface area (Å²) in [5.74, 6) is -3.10. The van der Waals surface area contributed by atoms with Crippen molar-refractivity contribution in [3.63, 3.8) is 0 Å². The number of sulfone groups is 1. The van der Waals surface area contributed by atoms with E-state index in [9.17, 15) is 31.2 Å². The molecule has 0 bridgehead atoms. The molecule has 13 heteroatoms. The summed E-state index contributed by atoms with van der Waals surface area (Å²) < 4.78 is 66.8. The van der Waals surface area contributed by atoms with Crippen molar-refractivity contribution in [1.82, 2.24) is 10.6 Å². The maximum atomic E-state index is 12.7. The van der Waals surface area contributed by atoms with Gasteiger partial charge in [0.15, 0.2) is 9.84 Å². The lowest BCUT2D eigenvalue weighted by molar-refractivity contribution is -0.275. The van der Waals surface area contributed by atoms with Crippen LogP contribution >= 0.6 is 11.3 Å². The van der Waals surface area contributed by atoms with Crippen LogP contribution in [0.3, 0.4) is 0 Å². The number of benzene rings is 1. The van der Waals surface area contributed by atoms with Gasteiger partial charge in [-0.1, -0.05) is 18.2 Å². The number of carbonyl (C=O) groups is 2. The molecule has 2 N–H and O–H groups in total. The number of halogens is 3. The van der Waals surface area contributed by atoms with Gasteiger partial charge in [-0.25, -0.2) is 8.42 Å². The van der Waals surface area contributed by atoms with Crippen LogP contribution in [0.2, 0.25) is 0 Å². The highest BCUT2D eigenvalue weighted by Gasteiger charge is 2.34. The third-order valence-electron chi connectivity index (χ3n) is 3.79. The summed E-state index contributed by atoms with van der Waals surface area (Å²) in [6.07, 6.45) is -5.54. The van der Waals surface area contributed by atoms with Crippen LogP contribution in [0.25, 0.3) is 0 Å². The minimum absolute atomic E-state index is 0.268. The van der Waals surface area contributed by atoms with Gasteiger partial charge in [0.1, 0.15) is 23.2 Å². The number of para-hydroxylation sites is 1. The SMILES string of the molecule is N#CCNC(=O)[C@H](CCS(=O)(=O)c1ccccc1OC(F)(F)F)NC(=O)c1cccs1. The predicted octanol–water partition coefficient (Wildman–Crippen LogP) is 2.25. The van der Waals surface area contributed by atoms with E-state index in [0.29, 0.717) is 0 Å². The molecule has 0 aliphatic rings. The third kappa shape index (κ3) is 7.26. The fourth-order valence-electron chi connectivity index (χ4n) is 2.45. The van der Waals surface area contributed by atoms with Crippen molar-refractivity contribution in [1.29, 1.82) is 5.26 Å². The fraction of sp³-hybridized carbons (Fsp3) is 0.278. The number of hydrogen-bond donors (Lipinski definition) is 2. The Labute approximate surface area is 179 Å². The van der Waals surface area contributed by atoms with E-state index in [1.54, 1.807) is 17.5 Å². The molecule has 0 fully saturated rings. The maximum Gasteiger partial charge on any atom is 0.573 e. The first kappa shape index (κ1) is 24.2. The van der Waals surface area contributed by atoms with Gasteiger partial charge in [-0.3, -0.25) is 9.59 Å². The van der Waals surface area contributed by atoms with Gasteiger partial charge in [0.2, 0.25) is 5.91 Å². The lowest BCUT2D eigenvalue weighted by atomic mass is 10.2. The molecule has 1 heterocycles. The zero-order chi connectivity index (χ0) is 23.1. The molecule has 0 saturated carbocycles. The minimum Gasteiger partial charge on any atom is -0.404 e. The first-order chi connectivity index (χ1) is 14.5. The zero-order valence-electron chi connectivity index (χ0n) is 15.7. The van der Waals surface area contributed by atoms with Gasteiger partial charge in [0.05, 0.1) is 16.7 Å². The largest absolute Gasteiger partial charge is 0.573 e. The number of nitriles is 1. The number of hydrogen-bond acceptors (Lipinski definition) is 7. The van der Waals surface area contributed by atoms with E-state index in [1.807, 2.05) is 0 Å². The van der Waals surface area contributed by atoms with Gasteiger partial charge >= 0.3 is 6.36 Å². The number of amides is 2. The van der Waals surface area contributed by atoms with Gasteiger partial charge < -0.3 is 15.4 Å². The molecule has 0 aliphatic carbocycles. The second-order valence-electron chi connectivity index (χ2n) is 5.98. The van der Waals surface area contributed by atoms with E-state index in [1.165, 1.54) is 18.2 Å². The molecule has 0 saturated heterocycles. The smallest absolute Gasteiger partial charge is 0.404 e. The molecule has 8 nitrogen and oxygen atoms in total. The maximum absolute atomic E-state index is 12.7. The van der Waals surface area contributed by atoms with Gasteiger partial charge in [0.25, 0.3) is 5.91 Å². The summed E-state index contributed by atoms with van der Waals surface area (Å²) in [5, 5.41) is 14.8. The second-order valence-corrected chi connectivity index (χ2v) is 9.01. The van der Waals surface area contributed by atoms with Crippen molar-refractivity contribution in [2.45, 2.75) is 23.7 Å². The van der Waals surface area contributed by atoms with Crippen molar-refractivity contribution in [2.75, 3.05) is 12.3 Å². The van der Waals surface area contributed by atoms with Gasteiger partial charge in [-0.15, -0.1) is 24.5 Å². The second kappa shape index (κ2) is 10.3. The number of thiophene rings is 1. The molecule has 2 aromatic rings. The van der Waals surface area contributed by atoms with Crippen LogP contribution in [0.4, 0.5) is 13.2 Å². The van der Waals surface area contributed by atoms with Crippen LogP contribution in [-0.4, -0.2) is 44.9 Å². The first-order valence-corrected chi connectivity index (χ1v) is 11.1. The summed E-state index contributed by atoms with van der Waals surface area (Å²) >= 11 is 1.09. The highest BCUT2D eigenvalue weighted by molar-refractivity contribution is 7.91. The molecular weight excluding hydrogens is 459 g/mol. The molecule has 2 rings (SSSR count). The Morgan fingerprint density at radius 1 is 1.19 bits per heavy atom. The third-order valence-corrected chi connectivity index (χ3v) is 6.44. The predicted molar refractivity (Wildman–Crippen MR) is 104 cm³/mol. The number of nitrogens with zero attached hydrogens (tertiary/aromatic N) is 1. The molecule has 1 aromatic carbocycles. The summed E-state index contributed by atoms with van der Waals surface area (Å²) in [6.45, 7) is -0.376. The van der Waals surface area contributed by atoms with Gasteiger partial charge in [-0.05, 0) is 30.0 Å². The molecular formula is C18H16F3N3O5S2. The summed E-state index contributed by atoms with van der Waals surface area (Å²) in [5.41, 5.74) is 0. The Morgan fingerprint density at radius 3 is 2.52 bits per heavy atom. The Balaban J connectivity index is 2.20. The van der Waals surface area contributed by atoms with Crippen molar-refractivity contribution in [3.05, 3.63) is 46.7 Å². The van der Waals surface area contributed by atoms with E-state index >= 15 is 0 Å². The highest BCUT2D eigenvalue weighted by Crippen LogP contribution is 2.30. The Bertz CT molecular complexity index is 1060. The fourth-order valence-corrected chi connectivity index (χ4v) is 4.55. The van der Waals surface area contributed by atoms with Crippen LogP contribution in [-0.2, 0) is 14.6 Å². The first-order valence-electron chi connectivity index (χ1n) is 8.60. The quantitative estimate of drug-likeness (QED) is 0.536. The molecule has 0 aliphatic heterocycles. The minimum atomic E-state index is -5.10. The Kier molecular flexibility index (Phi) is 8.01. The molecule has 1 atom stereocenters. The lowest BCUT2D eigenvalue weighted by Crippen LogP contribution is -2.47. The molecule has 166 valence electrons. The van der Waals surface area contributed by atoms with Crippen LogP contribution in [0.5, 0.6) is 5.75 Å². The number of ether oxygens (including phenoxy) is 1. The van der Waals surface area contributed by atoms with E-state index < -0.39 is 56.9 Å². The average Bonchev–Trinajstić information content (AvgIpc) is 3.23. The number of carbonyl (C=O) groups excluding carboxylic acids is 2. The number of nitrogens with one attached hydrogen (secondary N) is 2. The summed E-state index contributed by atoms with van der Waals surface area (Å²) in [7, 11) is -4.32. The van der Waals surface area contributed by atoms with E-state index in [0.717, 1.165) is 23.5 Å². The van der Waals surface area contributed by atoms with Crippen molar-refractivity contribution >= 4 is 33.0 Å². The van der Waals surface area contributed by atoms with Crippen molar-refractivity contribution in [2.24, 2.45) is 0 Å². The van der Waals surface area contributed by atoms with E-state index in [2.05, 4.69) is 15.4 Å². The van der Waals surface area contributed by atoms with E-state index in [4.69, 9.17) is 5.26 Å². The normalized spacial score (nSPS) is 12.5. The van der Waals surface area contributed by atoms with Crippen molar-refractivity contribution < 1.29 is 35.9 Å². The lowest BCUT2D eigenvalue weighted by Gasteiger charge is -2.18. The summed E-state index contributed by atoms with van der Waals surface area (Å²) in [6, 6.07) is 7.65. The molecule has 0 unspecified atom stereocenters. The summed E-state index contributed by atoms with van der Waals surface area (Å²) in [4.78, 5) is 24.1. The average molecular weight is 475 g/mol.